The zero-order valence-corrected chi connectivity index (χ0v) is 14.8. The van der Waals surface area contributed by atoms with Crippen LogP contribution in [0.15, 0.2) is 24.3 Å². The molecule has 128 valence electrons. The van der Waals surface area contributed by atoms with Crippen molar-refractivity contribution in [2.24, 2.45) is 5.41 Å². The number of esters is 2. The topological polar surface area (TPSA) is 52.6 Å². The average Bonchev–Trinajstić information content (AvgIpc) is 2.52. The summed E-state index contributed by atoms with van der Waals surface area (Å²) < 4.78 is 10.4. The van der Waals surface area contributed by atoms with E-state index in [1.165, 1.54) is 26.7 Å². The third kappa shape index (κ3) is 6.61. The van der Waals surface area contributed by atoms with E-state index in [9.17, 15) is 9.59 Å². The molecule has 1 rings (SSSR count). The Kier molecular flexibility index (Phi) is 8.10. The Hall–Kier alpha value is -1.55. The van der Waals surface area contributed by atoms with Gasteiger partial charge < -0.3 is 9.47 Å². The predicted octanol–water partition coefficient (Wildman–Crippen LogP) is 4.79. The zero-order valence-electron chi connectivity index (χ0n) is 14.1. The van der Waals surface area contributed by atoms with Gasteiger partial charge in [0.25, 0.3) is 0 Å². The van der Waals surface area contributed by atoms with Crippen molar-refractivity contribution in [3.05, 3.63) is 29.3 Å². The Morgan fingerprint density at radius 2 is 1.61 bits per heavy atom. The van der Waals surface area contributed by atoms with Gasteiger partial charge in [-0.3, -0.25) is 9.59 Å². The maximum absolute atomic E-state index is 12.2. The molecule has 23 heavy (non-hydrogen) atoms. The number of carbonyl (C=O) groups is 2. The molecule has 0 saturated heterocycles. The third-order valence-corrected chi connectivity index (χ3v) is 3.78. The summed E-state index contributed by atoms with van der Waals surface area (Å²) in [6, 6.07) is 6.39. The molecule has 0 heterocycles. The fourth-order valence-electron chi connectivity index (χ4n) is 1.87. The summed E-state index contributed by atoms with van der Waals surface area (Å²) >= 11 is 5.78. The lowest BCUT2D eigenvalue weighted by Gasteiger charge is -2.20. The molecule has 0 spiro atoms. The fraction of sp³-hybridized carbons (Fsp3) is 0.556. The Bertz CT molecular complexity index is 508. The lowest BCUT2D eigenvalue weighted by Crippen LogP contribution is -2.38. The second-order valence-electron chi connectivity index (χ2n) is 6.02. The first kappa shape index (κ1) is 19.5. The fourth-order valence-corrected chi connectivity index (χ4v) is 2.00. The van der Waals surface area contributed by atoms with Crippen molar-refractivity contribution in [1.82, 2.24) is 0 Å². The van der Waals surface area contributed by atoms with Crippen LogP contribution in [0.2, 0.25) is 5.02 Å². The summed E-state index contributed by atoms with van der Waals surface area (Å²) in [5.74, 6) is -0.859. The van der Waals surface area contributed by atoms with Gasteiger partial charge in [0.15, 0.2) is 5.41 Å². The van der Waals surface area contributed by atoms with Crippen LogP contribution in [0.3, 0.4) is 0 Å². The van der Waals surface area contributed by atoms with Crippen LogP contribution in [-0.4, -0.2) is 18.5 Å². The second-order valence-corrected chi connectivity index (χ2v) is 6.46. The van der Waals surface area contributed by atoms with E-state index in [2.05, 4.69) is 6.92 Å². The van der Waals surface area contributed by atoms with E-state index in [4.69, 9.17) is 21.1 Å². The number of halogens is 1. The van der Waals surface area contributed by atoms with Crippen LogP contribution < -0.4 is 4.74 Å². The molecule has 0 saturated carbocycles. The van der Waals surface area contributed by atoms with Gasteiger partial charge in [-0.2, -0.15) is 0 Å². The van der Waals surface area contributed by atoms with E-state index in [1.807, 2.05) is 0 Å². The van der Waals surface area contributed by atoms with E-state index in [-0.39, 0.29) is 0 Å². The largest absolute Gasteiger partial charge is 0.465 e. The monoisotopic (exact) mass is 340 g/mol. The molecule has 0 aliphatic carbocycles. The molecule has 0 aliphatic rings. The first-order valence-electron chi connectivity index (χ1n) is 8.03. The SMILES string of the molecule is CCCCCCCOC(=O)C(C)(C)C(=O)Oc1ccc(Cl)cc1. The molecule has 1 aromatic rings. The van der Waals surface area contributed by atoms with Crippen LogP contribution in [0.25, 0.3) is 0 Å². The lowest BCUT2D eigenvalue weighted by molar-refractivity contribution is -0.164. The number of ether oxygens (including phenoxy) is 2. The Labute approximate surface area is 143 Å². The highest BCUT2D eigenvalue weighted by molar-refractivity contribution is 6.30. The molecule has 4 nitrogen and oxygen atoms in total. The number of hydrogen-bond acceptors (Lipinski definition) is 4. The number of rotatable bonds is 9. The van der Waals surface area contributed by atoms with Gasteiger partial charge in [0.1, 0.15) is 5.75 Å². The highest BCUT2D eigenvalue weighted by Crippen LogP contribution is 2.23. The minimum atomic E-state index is -1.34. The molecule has 5 heteroatoms. The van der Waals surface area contributed by atoms with Crippen molar-refractivity contribution in [3.8, 4) is 5.75 Å². The average molecular weight is 341 g/mol. The van der Waals surface area contributed by atoms with Crippen LogP contribution in [0.1, 0.15) is 52.9 Å². The molecule has 0 aromatic heterocycles. The molecule has 0 aliphatic heterocycles. The minimum absolute atomic E-state index is 0.334. The predicted molar refractivity (Wildman–Crippen MR) is 90.6 cm³/mol. The van der Waals surface area contributed by atoms with Crippen LogP contribution in [0.4, 0.5) is 0 Å². The molecule has 0 radical (unpaired) electrons. The summed E-state index contributed by atoms with van der Waals surface area (Å²) in [6.07, 6.45) is 5.33. The van der Waals surface area contributed by atoms with Crippen LogP contribution in [0.5, 0.6) is 5.75 Å². The summed E-state index contributed by atoms with van der Waals surface area (Å²) in [7, 11) is 0. The maximum Gasteiger partial charge on any atom is 0.328 e. The zero-order chi connectivity index (χ0) is 17.3. The van der Waals surface area contributed by atoms with Gasteiger partial charge in [0.05, 0.1) is 6.61 Å². The highest BCUT2D eigenvalue weighted by atomic mass is 35.5. The summed E-state index contributed by atoms with van der Waals surface area (Å²) in [5.41, 5.74) is -1.34. The van der Waals surface area contributed by atoms with E-state index in [0.717, 1.165) is 19.3 Å². The number of benzene rings is 1. The van der Waals surface area contributed by atoms with Crippen molar-refractivity contribution in [3.63, 3.8) is 0 Å². The van der Waals surface area contributed by atoms with E-state index >= 15 is 0 Å². The standard InChI is InChI=1S/C18H25ClO4/c1-4-5-6-7-8-13-22-16(20)18(2,3)17(21)23-15-11-9-14(19)10-12-15/h9-12H,4-8,13H2,1-3H3. The van der Waals surface area contributed by atoms with Gasteiger partial charge in [-0.1, -0.05) is 44.2 Å². The van der Waals surface area contributed by atoms with Crippen molar-refractivity contribution in [2.45, 2.75) is 52.9 Å². The molecule has 1 aromatic carbocycles. The second kappa shape index (κ2) is 9.56. The Morgan fingerprint density at radius 3 is 2.22 bits per heavy atom. The number of carbonyl (C=O) groups excluding carboxylic acids is 2. The third-order valence-electron chi connectivity index (χ3n) is 3.53. The lowest BCUT2D eigenvalue weighted by atomic mass is 9.94. The first-order chi connectivity index (χ1) is 10.9. The molecule has 0 bridgehead atoms. The van der Waals surface area contributed by atoms with Crippen molar-refractivity contribution in [1.29, 1.82) is 0 Å². The van der Waals surface area contributed by atoms with Crippen molar-refractivity contribution < 1.29 is 19.1 Å². The molecule has 0 atom stereocenters. The van der Waals surface area contributed by atoms with Crippen molar-refractivity contribution in [2.75, 3.05) is 6.61 Å². The summed E-state index contributed by atoms with van der Waals surface area (Å²) in [5, 5.41) is 0.548. The van der Waals surface area contributed by atoms with Gasteiger partial charge in [-0.05, 0) is 44.5 Å². The van der Waals surface area contributed by atoms with E-state index < -0.39 is 17.4 Å². The van der Waals surface area contributed by atoms with Crippen LogP contribution in [0, 0.1) is 5.41 Å². The normalized spacial score (nSPS) is 11.1. The van der Waals surface area contributed by atoms with Gasteiger partial charge in [0, 0.05) is 5.02 Å². The quantitative estimate of drug-likeness (QED) is 0.281. The Balaban J connectivity index is 2.44. The number of unbranched alkanes of at least 4 members (excludes halogenated alkanes) is 4. The van der Waals surface area contributed by atoms with Gasteiger partial charge in [-0.15, -0.1) is 0 Å². The smallest absolute Gasteiger partial charge is 0.328 e. The summed E-state index contributed by atoms with van der Waals surface area (Å²) in [6.45, 7) is 5.49. The molecule has 0 unspecified atom stereocenters. The molecule has 0 amide bonds. The van der Waals surface area contributed by atoms with Crippen LogP contribution >= 0.6 is 11.6 Å². The van der Waals surface area contributed by atoms with Gasteiger partial charge >= 0.3 is 11.9 Å². The number of hydrogen-bond donors (Lipinski definition) is 0. The minimum Gasteiger partial charge on any atom is -0.465 e. The maximum atomic E-state index is 12.2. The van der Waals surface area contributed by atoms with Gasteiger partial charge in [0.2, 0.25) is 0 Å². The summed E-state index contributed by atoms with van der Waals surface area (Å²) in [4.78, 5) is 24.3. The molecular formula is C18H25ClO4. The molecule has 0 fully saturated rings. The van der Waals surface area contributed by atoms with E-state index in [0.29, 0.717) is 17.4 Å². The van der Waals surface area contributed by atoms with Crippen molar-refractivity contribution >= 4 is 23.5 Å². The molecule has 0 N–H and O–H groups in total. The highest BCUT2D eigenvalue weighted by Gasteiger charge is 2.39. The van der Waals surface area contributed by atoms with E-state index in [1.54, 1.807) is 24.3 Å². The van der Waals surface area contributed by atoms with Crippen LogP contribution in [-0.2, 0) is 14.3 Å². The Morgan fingerprint density at radius 1 is 1.00 bits per heavy atom. The van der Waals surface area contributed by atoms with Gasteiger partial charge in [-0.25, -0.2) is 0 Å². The first-order valence-corrected chi connectivity index (χ1v) is 8.40. The molecular weight excluding hydrogens is 316 g/mol.